The van der Waals surface area contributed by atoms with Crippen LogP contribution in [0, 0.1) is 5.92 Å². The normalized spacial score (nSPS) is 17.9. The summed E-state index contributed by atoms with van der Waals surface area (Å²) in [6, 6.07) is 26.9. The van der Waals surface area contributed by atoms with Crippen LogP contribution in [0.2, 0.25) is 0 Å². The molecule has 0 unspecified atom stereocenters. The van der Waals surface area contributed by atoms with Crippen molar-refractivity contribution in [3.8, 4) is 5.88 Å². The number of azo groups is 1. The van der Waals surface area contributed by atoms with E-state index in [2.05, 4.69) is 15.5 Å². The summed E-state index contributed by atoms with van der Waals surface area (Å²) < 4.78 is 1.77. The Kier molecular flexibility index (Phi) is 5.91. The molecular weight excluding hydrogens is 428 g/mol. The predicted molar refractivity (Wildman–Crippen MR) is 129 cm³/mol. The van der Waals surface area contributed by atoms with Crippen molar-refractivity contribution >= 4 is 28.4 Å². The number of hydrogen-bond acceptors (Lipinski definition) is 4. The summed E-state index contributed by atoms with van der Waals surface area (Å²) in [5.41, 5.74) is 3.08. The highest BCUT2D eigenvalue weighted by molar-refractivity contribution is 6.03. The number of benzene rings is 3. The van der Waals surface area contributed by atoms with Gasteiger partial charge in [-0.3, -0.25) is 9.59 Å². The maximum absolute atomic E-state index is 13.0. The van der Waals surface area contributed by atoms with Crippen LogP contribution in [0.4, 0.5) is 5.69 Å². The first-order valence-electron chi connectivity index (χ1n) is 11.3. The lowest BCUT2D eigenvalue weighted by Gasteiger charge is -2.13. The van der Waals surface area contributed by atoms with E-state index >= 15 is 0 Å². The van der Waals surface area contributed by atoms with Gasteiger partial charge in [-0.2, -0.15) is 0 Å². The van der Waals surface area contributed by atoms with Gasteiger partial charge < -0.3 is 15.0 Å². The van der Waals surface area contributed by atoms with Gasteiger partial charge in [-0.25, -0.2) is 0 Å². The van der Waals surface area contributed by atoms with E-state index in [9.17, 15) is 14.7 Å². The third kappa shape index (κ3) is 4.08. The van der Waals surface area contributed by atoms with Crippen molar-refractivity contribution in [1.82, 2.24) is 9.88 Å². The summed E-state index contributed by atoms with van der Waals surface area (Å²) in [4.78, 5) is 25.4. The van der Waals surface area contributed by atoms with Gasteiger partial charge in [0.05, 0.1) is 5.52 Å². The maximum atomic E-state index is 13.0. The second-order valence-corrected chi connectivity index (χ2v) is 8.35. The average molecular weight is 453 g/mol. The van der Waals surface area contributed by atoms with Crippen molar-refractivity contribution in [2.24, 2.45) is 16.1 Å². The van der Waals surface area contributed by atoms with Crippen LogP contribution in [0.5, 0.6) is 5.88 Å². The minimum Gasteiger partial charge on any atom is -0.493 e. The molecule has 3 aromatic carbocycles. The van der Waals surface area contributed by atoms with Gasteiger partial charge >= 0.3 is 0 Å². The van der Waals surface area contributed by atoms with Crippen molar-refractivity contribution in [2.45, 2.75) is 18.9 Å². The van der Waals surface area contributed by atoms with Crippen LogP contribution < -0.4 is 5.32 Å². The monoisotopic (exact) mass is 452 g/mol. The minimum atomic E-state index is -0.945. The summed E-state index contributed by atoms with van der Waals surface area (Å²) in [5, 5.41) is 22.5. The Morgan fingerprint density at radius 2 is 1.65 bits per heavy atom. The van der Waals surface area contributed by atoms with E-state index in [0.29, 0.717) is 18.5 Å². The molecular formula is C27H24N4O3. The predicted octanol–water partition coefficient (Wildman–Crippen LogP) is 4.73. The van der Waals surface area contributed by atoms with Gasteiger partial charge in [0.15, 0.2) is 5.69 Å². The number of carbonyl (C=O) groups excluding carboxylic acids is 2. The van der Waals surface area contributed by atoms with Gasteiger partial charge in [0.2, 0.25) is 11.8 Å². The number of hydrogen-bond donors (Lipinski definition) is 2. The van der Waals surface area contributed by atoms with Crippen molar-refractivity contribution in [3.63, 3.8) is 0 Å². The topological polar surface area (TPSA) is 96.0 Å². The molecule has 1 aliphatic rings. The molecule has 7 heteroatoms. The molecule has 7 nitrogen and oxygen atoms in total. The number of para-hydroxylation sites is 1. The Labute approximate surface area is 196 Å². The van der Waals surface area contributed by atoms with Gasteiger partial charge in [-0.1, -0.05) is 78.9 Å². The molecule has 34 heavy (non-hydrogen) atoms. The van der Waals surface area contributed by atoms with E-state index in [1.807, 2.05) is 84.9 Å². The molecule has 0 spiro atoms. The molecule has 5 rings (SSSR count). The second-order valence-electron chi connectivity index (χ2n) is 8.35. The lowest BCUT2D eigenvalue weighted by atomic mass is 9.88. The van der Waals surface area contributed by atoms with Crippen LogP contribution in [0.3, 0.4) is 0 Å². The third-order valence-corrected chi connectivity index (χ3v) is 6.31. The summed E-state index contributed by atoms with van der Waals surface area (Å²) in [6.07, 6.45) is 0.726. The fraction of sp³-hybridized carbons (Fsp3) is 0.185. The number of nitrogens with zero attached hydrogens (tertiary/aromatic N) is 3. The standard InChI is InChI=1S/C27H24N4O3/c32-25-23(21(17-28-25)19-11-5-2-6-12-19)26(33)30-29-24-20-13-7-8-14-22(20)31(27(24)34)16-15-18-9-3-1-4-10-18/h1-14,21,23,34H,15-17H2,(H,28,32)/t21-,23+/m1/s1. The zero-order valence-corrected chi connectivity index (χ0v) is 18.5. The number of aromatic hydroxyl groups is 1. The quantitative estimate of drug-likeness (QED) is 0.327. The molecule has 2 heterocycles. The van der Waals surface area contributed by atoms with E-state index in [4.69, 9.17) is 0 Å². The van der Waals surface area contributed by atoms with Crippen molar-refractivity contribution in [1.29, 1.82) is 0 Å². The number of nitrogens with one attached hydrogen (secondary N) is 1. The Morgan fingerprint density at radius 1 is 0.971 bits per heavy atom. The van der Waals surface area contributed by atoms with E-state index in [1.165, 1.54) is 0 Å². The number of aromatic nitrogens is 1. The molecule has 1 saturated heterocycles. The SMILES string of the molecule is O=C(N=Nc1c(O)n(CCc2ccccc2)c2ccccc12)[C@@H]1C(=O)NC[C@@H]1c1ccccc1. The van der Waals surface area contributed by atoms with Crippen LogP contribution >= 0.6 is 0 Å². The number of fused-ring (bicyclic) bond motifs is 1. The Bertz CT molecular complexity index is 1360. The zero-order chi connectivity index (χ0) is 23.5. The third-order valence-electron chi connectivity index (χ3n) is 6.31. The summed E-state index contributed by atoms with van der Waals surface area (Å²) in [7, 11) is 0. The summed E-state index contributed by atoms with van der Waals surface area (Å²) in [6.45, 7) is 0.916. The zero-order valence-electron chi connectivity index (χ0n) is 18.5. The largest absolute Gasteiger partial charge is 0.493 e. The molecule has 1 aromatic heterocycles. The smallest absolute Gasteiger partial charge is 0.277 e. The molecule has 0 radical (unpaired) electrons. The van der Waals surface area contributed by atoms with Crippen molar-refractivity contribution in [3.05, 3.63) is 96.1 Å². The van der Waals surface area contributed by atoms with E-state index in [1.54, 1.807) is 4.57 Å². The van der Waals surface area contributed by atoms with E-state index in [-0.39, 0.29) is 23.4 Å². The van der Waals surface area contributed by atoms with Gasteiger partial charge in [-0.15, -0.1) is 10.2 Å². The number of carbonyl (C=O) groups is 2. The summed E-state index contributed by atoms with van der Waals surface area (Å²) >= 11 is 0. The molecule has 2 amide bonds. The van der Waals surface area contributed by atoms with Crippen molar-refractivity contribution < 1.29 is 14.7 Å². The first kappa shape index (κ1) is 21.6. The minimum absolute atomic E-state index is 0.0517. The lowest BCUT2D eigenvalue weighted by molar-refractivity contribution is -0.131. The highest BCUT2D eigenvalue weighted by atomic mass is 16.3. The van der Waals surface area contributed by atoms with E-state index < -0.39 is 11.8 Å². The maximum Gasteiger partial charge on any atom is 0.277 e. The molecule has 0 saturated carbocycles. The van der Waals surface area contributed by atoms with Gasteiger partial charge in [0, 0.05) is 24.4 Å². The summed E-state index contributed by atoms with van der Waals surface area (Å²) in [5.74, 6) is -2.28. The van der Waals surface area contributed by atoms with Gasteiger partial charge in [0.25, 0.3) is 5.91 Å². The van der Waals surface area contributed by atoms with E-state index in [0.717, 1.165) is 23.1 Å². The molecule has 0 aliphatic carbocycles. The number of amides is 2. The first-order valence-corrected chi connectivity index (χ1v) is 11.3. The lowest BCUT2D eigenvalue weighted by Crippen LogP contribution is -2.25. The molecule has 1 fully saturated rings. The number of aryl methyl sites for hydroxylation is 2. The van der Waals surface area contributed by atoms with Crippen LogP contribution in [0.1, 0.15) is 17.0 Å². The molecule has 0 bridgehead atoms. The fourth-order valence-corrected chi connectivity index (χ4v) is 4.56. The second kappa shape index (κ2) is 9.31. The molecule has 2 atom stereocenters. The highest BCUT2D eigenvalue weighted by Crippen LogP contribution is 2.39. The van der Waals surface area contributed by atoms with Crippen LogP contribution in [-0.2, 0) is 22.6 Å². The van der Waals surface area contributed by atoms with Crippen molar-refractivity contribution in [2.75, 3.05) is 6.54 Å². The molecule has 2 N–H and O–H groups in total. The molecule has 4 aromatic rings. The molecule has 170 valence electrons. The van der Waals surface area contributed by atoms with Crippen LogP contribution in [0.25, 0.3) is 10.9 Å². The molecule has 1 aliphatic heterocycles. The number of rotatable bonds is 6. The Hall–Kier alpha value is -4.26. The van der Waals surface area contributed by atoms with Crippen LogP contribution in [0.15, 0.2) is 95.2 Å². The average Bonchev–Trinajstić information content (AvgIpc) is 3.39. The fourth-order valence-electron chi connectivity index (χ4n) is 4.56. The Balaban J connectivity index is 1.43. The first-order chi connectivity index (χ1) is 16.6. The van der Waals surface area contributed by atoms with Gasteiger partial charge in [0.1, 0.15) is 5.92 Å². The highest BCUT2D eigenvalue weighted by Gasteiger charge is 2.41. The Morgan fingerprint density at radius 3 is 2.41 bits per heavy atom. The van der Waals surface area contributed by atoms with Gasteiger partial charge in [-0.05, 0) is 23.6 Å². The van der Waals surface area contributed by atoms with Crippen LogP contribution in [-0.4, -0.2) is 28.0 Å².